The Kier molecular flexibility index (Phi) is 8.12. The van der Waals surface area contributed by atoms with Crippen LogP contribution in [-0.4, -0.2) is 22.8 Å². The fourth-order valence-corrected chi connectivity index (χ4v) is 3.59. The average molecular weight is 399 g/mol. The number of aryl methyl sites for hydroxylation is 2. The normalized spacial score (nSPS) is 11.4. The summed E-state index contributed by atoms with van der Waals surface area (Å²) in [5.41, 5.74) is 3.19. The van der Waals surface area contributed by atoms with Crippen molar-refractivity contribution < 1.29 is 19.7 Å². The Bertz CT molecular complexity index is 774. The number of phenols is 2. The van der Waals surface area contributed by atoms with Crippen molar-refractivity contribution in [1.29, 1.82) is 0 Å². The molecule has 0 aliphatic rings. The lowest BCUT2D eigenvalue weighted by molar-refractivity contribution is -0.144. The van der Waals surface area contributed by atoms with Gasteiger partial charge in [0.2, 0.25) is 0 Å². The van der Waals surface area contributed by atoms with Crippen LogP contribution in [0.15, 0.2) is 36.4 Å². The highest BCUT2D eigenvalue weighted by Gasteiger charge is 2.30. The molecule has 0 aliphatic heterocycles. The Hall–Kier alpha value is -2.49. The fourth-order valence-electron chi connectivity index (χ4n) is 3.59. The number of rotatable bonds is 10. The summed E-state index contributed by atoms with van der Waals surface area (Å²) >= 11 is 0. The van der Waals surface area contributed by atoms with Crippen LogP contribution in [0.5, 0.6) is 11.5 Å². The molecule has 2 N–H and O–H groups in total. The van der Waals surface area contributed by atoms with Crippen LogP contribution in [-0.2, 0) is 14.9 Å². The van der Waals surface area contributed by atoms with Crippen LogP contribution in [0, 0.1) is 13.8 Å². The van der Waals surface area contributed by atoms with Gasteiger partial charge in [0, 0.05) is 11.8 Å². The van der Waals surface area contributed by atoms with E-state index in [0.29, 0.717) is 19.4 Å². The molecule has 0 fully saturated rings. The lowest BCUT2D eigenvalue weighted by Crippen LogP contribution is -2.25. The van der Waals surface area contributed by atoms with Crippen molar-refractivity contribution in [1.82, 2.24) is 0 Å². The molecule has 0 aliphatic carbocycles. The third kappa shape index (κ3) is 5.99. The minimum absolute atomic E-state index is 0.182. The highest BCUT2D eigenvalue weighted by molar-refractivity contribution is 5.69. The molecule has 4 heteroatoms. The van der Waals surface area contributed by atoms with E-state index in [0.717, 1.165) is 47.9 Å². The molecule has 29 heavy (non-hydrogen) atoms. The van der Waals surface area contributed by atoms with E-state index in [1.807, 2.05) is 38.1 Å². The second kappa shape index (κ2) is 10.3. The molecule has 4 nitrogen and oxygen atoms in total. The van der Waals surface area contributed by atoms with Gasteiger partial charge in [-0.3, -0.25) is 4.79 Å². The van der Waals surface area contributed by atoms with E-state index >= 15 is 0 Å². The highest BCUT2D eigenvalue weighted by Crippen LogP contribution is 2.39. The van der Waals surface area contributed by atoms with Gasteiger partial charge in [-0.1, -0.05) is 57.4 Å². The standard InChI is InChI=1S/C25H34O4/c1-5-6-7-8-15-29-24(28)13-14-25(4,20-9-11-22(26)18(2)16-20)21-10-12-23(27)19(3)17-21/h9-12,16-17,26-27H,5-8,13-15H2,1-4H3. The molecule has 0 heterocycles. The zero-order valence-electron chi connectivity index (χ0n) is 18.1. The zero-order valence-corrected chi connectivity index (χ0v) is 18.1. The maximum absolute atomic E-state index is 12.3. The van der Waals surface area contributed by atoms with E-state index in [9.17, 15) is 15.0 Å². The first kappa shape index (κ1) is 22.8. The lowest BCUT2D eigenvalue weighted by atomic mass is 9.72. The van der Waals surface area contributed by atoms with Crippen LogP contribution < -0.4 is 0 Å². The van der Waals surface area contributed by atoms with Gasteiger partial charge in [0.25, 0.3) is 0 Å². The summed E-state index contributed by atoms with van der Waals surface area (Å²) in [5, 5.41) is 19.9. The predicted octanol–water partition coefficient (Wildman–Crippen LogP) is 5.92. The number of hydrogen-bond acceptors (Lipinski definition) is 4. The minimum atomic E-state index is -0.446. The largest absolute Gasteiger partial charge is 0.508 e. The Balaban J connectivity index is 2.20. The molecule has 0 radical (unpaired) electrons. The molecule has 0 saturated heterocycles. The molecule has 0 bridgehead atoms. The van der Waals surface area contributed by atoms with Crippen LogP contribution in [0.25, 0.3) is 0 Å². The zero-order chi connectivity index (χ0) is 21.4. The first-order chi connectivity index (χ1) is 13.8. The molecule has 2 aromatic carbocycles. The summed E-state index contributed by atoms with van der Waals surface area (Å²) < 4.78 is 5.42. The molecule has 0 aromatic heterocycles. The molecule has 0 spiro atoms. The van der Waals surface area contributed by atoms with Crippen molar-refractivity contribution in [2.45, 2.75) is 71.6 Å². The number of benzene rings is 2. The summed E-state index contributed by atoms with van der Waals surface area (Å²) in [4.78, 5) is 12.3. The van der Waals surface area contributed by atoms with E-state index in [-0.39, 0.29) is 17.5 Å². The van der Waals surface area contributed by atoms with Crippen molar-refractivity contribution in [3.05, 3.63) is 58.7 Å². The van der Waals surface area contributed by atoms with Crippen molar-refractivity contribution in [2.75, 3.05) is 6.61 Å². The van der Waals surface area contributed by atoms with E-state index in [1.165, 1.54) is 0 Å². The summed E-state index contributed by atoms with van der Waals surface area (Å²) in [5.74, 6) is 0.327. The van der Waals surface area contributed by atoms with Gasteiger partial charge in [-0.05, 0) is 61.1 Å². The van der Waals surface area contributed by atoms with E-state index in [4.69, 9.17) is 4.74 Å². The highest BCUT2D eigenvalue weighted by atomic mass is 16.5. The number of esters is 1. The molecule has 0 saturated carbocycles. The van der Waals surface area contributed by atoms with Crippen molar-refractivity contribution in [3.63, 3.8) is 0 Å². The van der Waals surface area contributed by atoms with Crippen LogP contribution in [0.4, 0.5) is 0 Å². The van der Waals surface area contributed by atoms with Gasteiger partial charge >= 0.3 is 5.97 Å². The summed E-state index contributed by atoms with van der Waals surface area (Å²) in [7, 11) is 0. The maximum Gasteiger partial charge on any atom is 0.305 e. The number of phenolic OH excluding ortho intramolecular Hbond substituents is 2. The number of carbonyl (C=O) groups excluding carboxylic acids is 1. The van der Waals surface area contributed by atoms with Gasteiger partial charge in [0.05, 0.1) is 6.61 Å². The quantitative estimate of drug-likeness (QED) is 0.385. The van der Waals surface area contributed by atoms with E-state index < -0.39 is 5.41 Å². The Morgan fingerprint density at radius 3 is 1.97 bits per heavy atom. The van der Waals surface area contributed by atoms with Crippen LogP contribution >= 0.6 is 0 Å². The monoisotopic (exact) mass is 398 g/mol. The molecule has 158 valence electrons. The Morgan fingerprint density at radius 1 is 0.931 bits per heavy atom. The molecule has 0 amide bonds. The second-order valence-corrected chi connectivity index (χ2v) is 8.12. The molecular weight excluding hydrogens is 364 g/mol. The van der Waals surface area contributed by atoms with Crippen molar-refractivity contribution in [2.24, 2.45) is 0 Å². The second-order valence-electron chi connectivity index (χ2n) is 8.12. The smallest absolute Gasteiger partial charge is 0.305 e. The number of aromatic hydroxyl groups is 2. The summed E-state index contributed by atoms with van der Waals surface area (Å²) in [6.45, 7) is 8.46. The van der Waals surface area contributed by atoms with Gasteiger partial charge in [-0.2, -0.15) is 0 Å². The number of hydrogen-bond donors (Lipinski definition) is 2. The van der Waals surface area contributed by atoms with Crippen molar-refractivity contribution in [3.8, 4) is 11.5 Å². The maximum atomic E-state index is 12.3. The average Bonchev–Trinajstić information content (AvgIpc) is 2.70. The lowest BCUT2D eigenvalue weighted by Gasteiger charge is -2.32. The van der Waals surface area contributed by atoms with E-state index in [2.05, 4.69) is 13.8 Å². The SMILES string of the molecule is CCCCCCOC(=O)CCC(C)(c1ccc(O)c(C)c1)c1ccc(O)c(C)c1. The number of ether oxygens (including phenoxy) is 1. The van der Waals surface area contributed by atoms with Gasteiger partial charge < -0.3 is 14.9 Å². The molecule has 2 aromatic rings. The molecule has 0 unspecified atom stereocenters. The number of unbranched alkanes of at least 4 members (excludes halogenated alkanes) is 3. The van der Waals surface area contributed by atoms with Gasteiger partial charge in [0.1, 0.15) is 11.5 Å². The Morgan fingerprint density at radius 2 is 1.48 bits per heavy atom. The minimum Gasteiger partial charge on any atom is -0.508 e. The number of carbonyl (C=O) groups is 1. The van der Waals surface area contributed by atoms with Crippen LogP contribution in [0.2, 0.25) is 0 Å². The third-order valence-corrected chi connectivity index (χ3v) is 5.76. The summed E-state index contributed by atoms with van der Waals surface area (Å²) in [6, 6.07) is 11.1. The van der Waals surface area contributed by atoms with Crippen molar-refractivity contribution >= 4 is 5.97 Å². The summed E-state index contributed by atoms with van der Waals surface area (Å²) in [6.07, 6.45) is 5.20. The Labute approximate surface area is 174 Å². The first-order valence-electron chi connectivity index (χ1n) is 10.5. The van der Waals surface area contributed by atoms with E-state index in [1.54, 1.807) is 12.1 Å². The van der Waals surface area contributed by atoms with Crippen LogP contribution in [0.3, 0.4) is 0 Å². The first-order valence-corrected chi connectivity index (χ1v) is 10.5. The fraction of sp³-hybridized carbons (Fsp3) is 0.480. The molecule has 2 rings (SSSR count). The topological polar surface area (TPSA) is 66.8 Å². The molecular formula is C25H34O4. The molecule has 0 atom stereocenters. The van der Waals surface area contributed by atoms with Gasteiger partial charge in [-0.15, -0.1) is 0 Å². The third-order valence-electron chi connectivity index (χ3n) is 5.76. The predicted molar refractivity (Wildman–Crippen MR) is 116 cm³/mol. The van der Waals surface area contributed by atoms with Crippen LogP contribution in [0.1, 0.15) is 74.6 Å². The van der Waals surface area contributed by atoms with Gasteiger partial charge in [-0.25, -0.2) is 0 Å². The van der Waals surface area contributed by atoms with Gasteiger partial charge in [0.15, 0.2) is 0 Å².